The molecule has 3 heterocycles. The number of fused-ring (bicyclic) bond motifs is 1. The number of nitrogens with zero attached hydrogens (tertiary/aromatic N) is 4. The van der Waals surface area contributed by atoms with Crippen LogP contribution >= 0.6 is 12.2 Å². The quantitative estimate of drug-likeness (QED) is 0.701. The van der Waals surface area contributed by atoms with Gasteiger partial charge in [0.1, 0.15) is 11.3 Å². The maximum absolute atomic E-state index is 5.67. The highest BCUT2D eigenvalue weighted by atomic mass is 32.1. The molecule has 0 aromatic carbocycles. The number of nitrogens with two attached hydrogens (primary N) is 1. The molecule has 0 bridgehead atoms. The topological polar surface area (TPSA) is 69.1 Å². The Hall–Kier alpha value is -2.34. The largest absolute Gasteiger partial charge is 0.389 e. The molecule has 0 fully saturated rings. The van der Waals surface area contributed by atoms with E-state index in [2.05, 4.69) is 15.1 Å². The van der Waals surface area contributed by atoms with Gasteiger partial charge >= 0.3 is 0 Å². The number of hydrogen-bond donors (Lipinski definition) is 1. The maximum Gasteiger partial charge on any atom is 0.166 e. The zero-order valence-electron chi connectivity index (χ0n) is 9.32. The fourth-order valence-corrected chi connectivity index (χ4v) is 2.00. The van der Waals surface area contributed by atoms with Gasteiger partial charge in [0.25, 0.3) is 0 Å². The molecule has 6 heteroatoms. The molecule has 0 radical (unpaired) electrons. The summed E-state index contributed by atoms with van der Waals surface area (Å²) in [6.07, 6.45) is 4.96. The van der Waals surface area contributed by atoms with Gasteiger partial charge in [-0.3, -0.25) is 4.98 Å². The van der Waals surface area contributed by atoms with Gasteiger partial charge in [-0.1, -0.05) is 12.2 Å². The smallest absolute Gasteiger partial charge is 0.166 e. The van der Waals surface area contributed by atoms with Crippen molar-refractivity contribution in [3.05, 3.63) is 48.5 Å². The van der Waals surface area contributed by atoms with Crippen LogP contribution < -0.4 is 5.73 Å². The summed E-state index contributed by atoms with van der Waals surface area (Å²) in [7, 11) is 0. The normalized spacial score (nSPS) is 10.7. The van der Waals surface area contributed by atoms with Crippen molar-refractivity contribution in [2.45, 2.75) is 0 Å². The zero-order valence-corrected chi connectivity index (χ0v) is 10.1. The third-order valence-electron chi connectivity index (χ3n) is 2.67. The molecule has 0 saturated heterocycles. The summed E-state index contributed by atoms with van der Waals surface area (Å²) < 4.78 is 1.73. The molecule has 0 spiro atoms. The van der Waals surface area contributed by atoms with Crippen LogP contribution in [0, 0.1) is 0 Å². The van der Waals surface area contributed by atoms with Crippen molar-refractivity contribution in [1.82, 2.24) is 19.6 Å². The summed E-state index contributed by atoms with van der Waals surface area (Å²) in [5, 5.41) is 4.21. The summed E-state index contributed by atoms with van der Waals surface area (Å²) in [6, 6.07) is 7.61. The maximum atomic E-state index is 5.67. The summed E-state index contributed by atoms with van der Waals surface area (Å²) in [4.78, 5) is 8.51. The highest BCUT2D eigenvalue weighted by Crippen LogP contribution is 2.20. The highest BCUT2D eigenvalue weighted by Gasteiger charge is 2.10. The lowest BCUT2D eigenvalue weighted by atomic mass is 10.1. The predicted octanol–water partition coefficient (Wildman–Crippen LogP) is 1.43. The molecule has 3 aromatic heterocycles. The van der Waals surface area contributed by atoms with Crippen LogP contribution in [0.1, 0.15) is 5.56 Å². The minimum Gasteiger partial charge on any atom is -0.389 e. The van der Waals surface area contributed by atoms with E-state index < -0.39 is 0 Å². The van der Waals surface area contributed by atoms with Crippen molar-refractivity contribution in [1.29, 1.82) is 0 Å². The number of pyridine rings is 2. The molecule has 0 atom stereocenters. The Balaban J connectivity index is 2.30. The van der Waals surface area contributed by atoms with E-state index in [1.807, 2.05) is 24.3 Å². The van der Waals surface area contributed by atoms with Crippen LogP contribution in [0.4, 0.5) is 0 Å². The predicted molar refractivity (Wildman–Crippen MR) is 72.1 cm³/mol. The second kappa shape index (κ2) is 4.15. The van der Waals surface area contributed by atoms with Crippen LogP contribution in [0.15, 0.2) is 43.0 Å². The lowest BCUT2D eigenvalue weighted by Crippen LogP contribution is -2.12. The fourth-order valence-electron chi connectivity index (χ4n) is 1.84. The first-order chi connectivity index (χ1) is 8.77. The molecule has 3 rings (SSSR count). The molecule has 2 N–H and O–H groups in total. The third-order valence-corrected chi connectivity index (χ3v) is 2.89. The van der Waals surface area contributed by atoms with Crippen LogP contribution in [0.5, 0.6) is 0 Å². The molecule has 0 aliphatic rings. The monoisotopic (exact) mass is 255 g/mol. The van der Waals surface area contributed by atoms with Crippen LogP contribution in [0.2, 0.25) is 0 Å². The van der Waals surface area contributed by atoms with Gasteiger partial charge in [0.05, 0.1) is 11.3 Å². The Labute approximate surface area is 108 Å². The van der Waals surface area contributed by atoms with Gasteiger partial charge in [-0.2, -0.15) is 5.10 Å². The molecule has 88 valence electrons. The first-order valence-corrected chi connectivity index (χ1v) is 5.71. The van der Waals surface area contributed by atoms with E-state index in [9.17, 15) is 0 Å². The van der Waals surface area contributed by atoms with Crippen molar-refractivity contribution in [2.24, 2.45) is 5.73 Å². The Morgan fingerprint density at radius 2 is 1.94 bits per heavy atom. The van der Waals surface area contributed by atoms with Crippen molar-refractivity contribution in [2.75, 3.05) is 0 Å². The standard InChI is InChI=1S/C12H9N5S/c13-11(18)9-1-2-10(8-3-5-14-6-4-8)17-12(9)15-7-16-17/h1-7H,(H2,13,18). The van der Waals surface area contributed by atoms with Gasteiger partial charge in [-0.25, -0.2) is 9.50 Å². The lowest BCUT2D eigenvalue weighted by Gasteiger charge is -2.06. The van der Waals surface area contributed by atoms with Crippen LogP contribution in [-0.2, 0) is 0 Å². The molecule has 0 amide bonds. The molecule has 0 saturated carbocycles. The van der Waals surface area contributed by atoms with E-state index in [-0.39, 0.29) is 0 Å². The zero-order chi connectivity index (χ0) is 12.5. The molecule has 5 nitrogen and oxygen atoms in total. The van der Waals surface area contributed by atoms with E-state index in [0.717, 1.165) is 16.8 Å². The first kappa shape index (κ1) is 10.8. The summed E-state index contributed by atoms with van der Waals surface area (Å²) in [6.45, 7) is 0. The van der Waals surface area contributed by atoms with Gasteiger partial charge in [-0.15, -0.1) is 0 Å². The van der Waals surface area contributed by atoms with E-state index >= 15 is 0 Å². The van der Waals surface area contributed by atoms with Crippen molar-refractivity contribution < 1.29 is 0 Å². The number of rotatable bonds is 2. The van der Waals surface area contributed by atoms with E-state index in [1.165, 1.54) is 6.33 Å². The summed E-state index contributed by atoms with van der Waals surface area (Å²) in [5.74, 6) is 0. The Bertz CT molecular complexity index is 720. The average molecular weight is 255 g/mol. The minimum atomic E-state index is 0.314. The van der Waals surface area contributed by atoms with Gasteiger partial charge in [0.15, 0.2) is 5.65 Å². The van der Waals surface area contributed by atoms with Crippen molar-refractivity contribution in [3.63, 3.8) is 0 Å². The second-order valence-electron chi connectivity index (χ2n) is 3.73. The number of hydrogen-bond acceptors (Lipinski definition) is 4. The van der Waals surface area contributed by atoms with Gasteiger partial charge in [-0.05, 0) is 24.3 Å². The van der Waals surface area contributed by atoms with Gasteiger partial charge in [0.2, 0.25) is 0 Å². The molecule has 3 aromatic rings. The van der Waals surface area contributed by atoms with Gasteiger partial charge < -0.3 is 5.73 Å². The van der Waals surface area contributed by atoms with E-state index in [4.69, 9.17) is 18.0 Å². The van der Waals surface area contributed by atoms with Crippen molar-refractivity contribution >= 4 is 22.9 Å². The van der Waals surface area contributed by atoms with Crippen LogP contribution in [-0.4, -0.2) is 24.6 Å². The molecular weight excluding hydrogens is 246 g/mol. The summed E-state index contributed by atoms with van der Waals surface area (Å²) in [5.41, 5.74) is 8.98. The third kappa shape index (κ3) is 1.63. The average Bonchev–Trinajstić information content (AvgIpc) is 2.87. The van der Waals surface area contributed by atoms with E-state index in [1.54, 1.807) is 16.9 Å². The Morgan fingerprint density at radius 3 is 2.67 bits per heavy atom. The Kier molecular flexibility index (Phi) is 2.49. The van der Waals surface area contributed by atoms with Crippen LogP contribution in [0.25, 0.3) is 16.9 Å². The molecule has 0 aliphatic carbocycles. The minimum absolute atomic E-state index is 0.314. The first-order valence-electron chi connectivity index (χ1n) is 5.30. The number of thiocarbonyl (C=S) groups is 1. The molecule has 18 heavy (non-hydrogen) atoms. The van der Waals surface area contributed by atoms with Gasteiger partial charge in [0, 0.05) is 18.0 Å². The van der Waals surface area contributed by atoms with Crippen LogP contribution in [0.3, 0.4) is 0 Å². The molecular formula is C12H9N5S. The lowest BCUT2D eigenvalue weighted by molar-refractivity contribution is 0.967. The SMILES string of the molecule is NC(=S)c1ccc(-c2ccncc2)n2ncnc12. The summed E-state index contributed by atoms with van der Waals surface area (Å²) >= 11 is 5.00. The second-order valence-corrected chi connectivity index (χ2v) is 4.17. The van der Waals surface area contributed by atoms with E-state index in [0.29, 0.717) is 10.6 Å². The fraction of sp³-hybridized carbons (Fsp3) is 0. The van der Waals surface area contributed by atoms with Crippen molar-refractivity contribution in [3.8, 4) is 11.3 Å². The Morgan fingerprint density at radius 1 is 1.17 bits per heavy atom. The highest BCUT2D eigenvalue weighted by molar-refractivity contribution is 7.80. The molecule has 0 aliphatic heterocycles. The molecule has 0 unspecified atom stereocenters. The number of aromatic nitrogens is 4.